The van der Waals surface area contributed by atoms with Crippen LogP contribution >= 0.6 is 0 Å². The number of halogens is 4. The number of hydrogen-bond acceptors (Lipinski definition) is 4. The smallest absolute Gasteiger partial charge is 0.471 e. The van der Waals surface area contributed by atoms with Crippen LogP contribution in [0.25, 0.3) is 0 Å². The van der Waals surface area contributed by atoms with Crippen molar-refractivity contribution in [1.29, 1.82) is 0 Å². The van der Waals surface area contributed by atoms with E-state index >= 15 is 0 Å². The number of alkyl halides is 3. The van der Waals surface area contributed by atoms with Crippen molar-refractivity contribution in [2.45, 2.75) is 70.9 Å². The van der Waals surface area contributed by atoms with E-state index in [1.54, 1.807) is 0 Å². The Labute approximate surface area is 212 Å². The van der Waals surface area contributed by atoms with Crippen LogP contribution in [0.4, 0.5) is 13.2 Å². The third-order valence-corrected chi connectivity index (χ3v) is 5.42. The Morgan fingerprint density at radius 1 is 0.853 bits per heavy atom. The molecule has 0 aromatic carbocycles. The highest BCUT2D eigenvalue weighted by molar-refractivity contribution is 5.81. The van der Waals surface area contributed by atoms with Gasteiger partial charge in [0, 0.05) is 38.9 Å². The molecule has 0 aliphatic rings. The first-order valence-corrected chi connectivity index (χ1v) is 11.7. The molecule has 1 unspecified atom stereocenters. The van der Waals surface area contributed by atoms with Crippen LogP contribution in [0.3, 0.4) is 0 Å². The van der Waals surface area contributed by atoms with Crippen LogP contribution in [-0.4, -0.2) is 74.8 Å². The van der Waals surface area contributed by atoms with Gasteiger partial charge in [-0.3, -0.25) is 9.59 Å². The van der Waals surface area contributed by atoms with E-state index in [1.807, 2.05) is 5.32 Å². The van der Waals surface area contributed by atoms with E-state index in [-0.39, 0.29) is 29.4 Å². The molecule has 0 fully saturated rings. The topological polar surface area (TPSA) is 84.5 Å². The summed E-state index contributed by atoms with van der Waals surface area (Å²) in [5, 5.41) is 4.70. The lowest BCUT2D eigenvalue weighted by Crippen LogP contribution is -3.00. The van der Waals surface area contributed by atoms with Gasteiger partial charge in [-0.2, -0.15) is 13.2 Å². The molecule has 0 saturated heterocycles. The summed E-state index contributed by atoms with van der Waals surface area (Å²) in [5.41, 5.74) is 0. The maximum absolute atomic E-state index is 12.3. The average Bonchev–Trinajstić information content (AvgIpc) is 2.74. The third-order valence-electron chi connectivity index (χ3n) is 5.42. The lowest BCUT2D eigenvalue weighted by atomic mass is 10.1. The SMILES string of the molecule is C=CC(=O)OCCCCCCCCC[N+](C)(CCCNC(C)=O)CCCNC(=O)C(F)(F)F.[Br-]. The third kappa shape index (κ3) is 19.8. The van der Waals surface area contributed by atoms with Crippen molar-refractivity contribution in [3.63, 3.8) is 0 Å². The van der Waals surface area contributed by atoms with Gasteiger partial charge in [0.25, 0.3) is 0 Å². The van der Waals surface area contributed by atoms with E-state index in [1.165, 1.54) is 6.92 Å². The Hall–Kier alpha value is -1.62. The molecule has 0 heterocycles. The first kappa shape index (κ1) is 34.5. The molecule has 0 aliphatic heterocycles. The fourth-order valence-corrected chi connectivity index (χ4v) is 3.53. The van der Waals surface area contributed by atoms with Crippen LogP contribution in [0.15, 0.2) is 12.7 Å². The standard InChI is InChI=1S/C23H40F3N3O4.BrH/c1-4-21(31)33-19-11-9-7-5-6-8-10-16-29(3,17-12-14-27-20(2)30)18-13-15-28-22(32)23(24,25)26;/h4H,1,5-19H2,2-3H3,(H-,27,28,30,32);1H. The minimum absolute atomic E-state index is 0. The molecule has 0 radical (unpaired) electrons. The number of carbonyl (C=O) groups is 3. The molecule has 7 nitrogen and oxygen atoms in total. The Morgan fingerprint density at radius 3 is 1.82 bits per heavy atom. The van der Waals surface area contributed by atoms with Crippen LogP contribution in [0.2, 0.25) is 0 Å². The number of ether oxygens (including phenoxy) is 1. The molecule has 2 amide bonds. The molecule has 200 valence electrons. The second-order valence-corrected chi connectivity index (χ2v) is 8.58. The van der Waals surface area contributed by atoms with Gasteiger partial charge in [0.15, 0.2) is 0 Å². The Morgan fingerprint density at radius 2 is 1.32 bits per heavy atom. The zero-order valence-electron chi connectivity index (χ0n) is 20.5. The Bertz CT molecular complexity index is 606. The summed E-state index contributed by atoms with van der Waals surface area (Å²) in [6.07, 6.45) is 4.73. The molecule has 11 heteroatoms. The molecule has 0 bridgehead atoms. The van der Waals surface area contributed by atoms with E-state index in [0.29, 0.717) is 30.6 Å². The monoisotopic (exact) mass is 559 g/mol. The van der Waals surface area contributed by atoms with Gasteiger partial charge in [-0.05, 0) is 19.3 Å². The highest BCUT2D eigenvalue weighted by atomic mass is 79.9. The van der Waals surface area contributed by atoms with Gasteiger partial charge in [0.2, 0.25) is 5.91 Å². The Balaban J connectivity index is 0. The number of hydrogen-bond donors (Lipinski definition) is 2. The number of rotatable bonds is 19. The van der Waals surface area contributed by atoms with Gasteiger partial charge in [-0.25, -0.2) is 4.79 Å². The zero-order valence-corrected chi connectivity index (χ0v) is 22.1. The van der Waals surface area contributed by atoms with E-state index in [2.05, 4.69) is 18.9 Å². The molecule has 0 aromatic rings. The number of nitrogens with one attached hydrogen (secondary N) is 2. The second kappa shape index (κ2) is 19.7. The van der Waals surface area contributed by atoms with Gasteiger partial charge >= 0.3 is 18.1 Å². The molecule has 34 heavy (non-hydrogen) atoms. The number of nitrogens with zero attached hydrogens (tertiary/aromatic N) is 1. The number of amides is 2. The van der Waals surface area contributed by atoms with Crippen LogP contribution in [0, 0.1) is 0 Å². The van der Waals surface area contributed by atoms with Crippen molar-refractivity contribution < 1.29 is 53.8 Å². The van der Waals surface area contributed by atoms with Gasteiger partial charge in [-0.15, -0.1) is 0 Å². The molecule has 0 aliphatic carbocycles. The summed E-state index contributed by atoms with van der Waals surface area (Å²) in [5.74, 6) is -2.38. The molecule has 2 N–H and O–H groups in total. The minimum Gasteiger partial charge on any atom is -1.00 e. The maximum Gasteiger partial charge on any atom is 0.471 e. The highest BCUT2D eigenvalue weighted by Gasteiger charge is 2.38. The van der Waals surface area contributed by atoms with E-state index in [4.69, 9.17) is 4.74 Å². The molecule has 0 aromatic heterocycles. The summed E-state index contributed by atoms with van der Waals surface area (Å²) in [4.78, 5) is 32.9. The summed E-state index contributed by atoms with van der Waals surface area (Å²) in [6.45, 7) is 8.13. The molecular formula is C23H41BrF3N3O4. The predicted octanol–water partition coefficient (Wildman–Crippen LogP) is 0.492. The fourth-order valence-electron chi connectivity index (χ4n) is 3.53. The molecule has 1 atom stereocenters. The molecule has 0 rings (SSSR count). The first-order valence-electron chi connectivity index (χ1n) is 11.7. The van der Waals surface area contributed by atoms with Crippen molar-refractivity contribution in [2.75, 3.05) is 46.4 Å². The van der Waals surface area contributed by atoms with Crippen LogP contribution in [0.1, 0.15) is 64.7 Å². The maximum atomic E-state index is 12.3. The van der Waals surface area contributed by atoms with Crippen LogP contribution in [0.5, 0.6) is 0 Å². The molecule has 0 spiro atoms. The minimum atomic E-state index is -4.85. The van der Waals surface area contributed by atoms with E-state index in [9.17, 15) is 27.6 Å². The summed E-state index contributed by atoms with van der Waals surface area (Å²) < 4.78 is 42.6. The summed E-state index contributed by atoms with van der Waals surface area (Å²) >= 11 is 0. The van der Waals surface area contributed by atoms with Gasteiger partial charge in [-0.1, -0.05) is 32.3 Å². The van der Waals surface area contributed by atoms with Crippen molar-refractivity contribution in [1.82, 2.24) is 10.6 Å². The van der Waals surface area contributed by atoms with Crippen molar-refractivity contribution in [3.05, 3.63) is 12.7 Å². The van der Waals surface area contributed by atoms with Crippen molar-refractivity contribution in [3.8, 4) is 0 Å². The number of unbranched alkanes of at least 4 members (excludes halogenated alkanes) is 6. The summed E-state index contributed by atoms with van der Waals surface area (Å²) in [7, 11) is 2.07. The van der Waals surface area contributed by atoms with Crippen LogP contribution < -0.4 is 27.6 Å². The summed E-state index contributed by atoms with van der Waals surface area (Å²) in [6, 6.07) is 0. The fraction of sp³-hybridized carbons (Fsp3) is 0.783. The predicted molar refractivity (Wildman–Crippen MR) is 121 cm³/mol. The largest absolute Gasteiger partial charge is 1.00 e. The number of quaternary nitrogens is 1. The second-order valence-electron chi connectivity index (χ2n) is 8.58. The first-order chi connectivity index (χ1) is 15.5. The van der Waals surface area contributed by atoms with Gasteiger partial charge < -0.3 is 36.8 Å². The molecule has 0 saturated carbocycles. The average molecular weight is 560 g/mol. The molecular weight excluding hydrogens is 519 g/mol. The van der Waals surface area contributed by atoms with Gasteiger partial charge in [0.1, 0.15) is 0 Å². The Kier molecular flexibility index (Phi) is 20.0. The number of carbonyl (C=O) groups excluding carboxylic acids is 3. The lowest BCUT2D eigenvalue weighted by Gasteiger charge is -2.35. The van der Waals surface area contributed by atoms with Gasteiger partial charge in [0.05, 0.1) is 33.3 Å². The quantitative estimate of drug-likeness (QED) is 0.104. The van der Waals surface area contributed by atoms with E-state index < -0.39 is 18.1 Å². The van der Waals surface area contributed by atoms with Crippen molar-refractivity contribution in [2.24, 2.45) is 0 Å². The lowest BCUT2D eigenvalue weighted by molar-refractivity contribution is -0.910. The van der Waals surface area contributed by atoms with E-state index in [0.717, 1.165) is 70.5 Å². The van der Waals surface area contributed by atoms with Crippen molar-refractivity contribution >= 4 is 17.8 Å². The van der Waals surface area contributed by atoms with Crippen LogP contribution in [-0.2, 0) is 19.1 Å². The highest BCUT2D eigenvalue weighted by Crippen LogP contribution is 2.15. The number of esters is 1. The zero-order chi connectivity index (χ0) is 25.2. The normalized spacial score (nSPS) is 12.7.